The fraction of sp³-hybridized carbons (Fsp3) is 0.353. The molecule has 48 heavy (non-hydrogen) atoms. The van der Waals surface area contributed by atoms with Crippen LogP contribution in [0.25, 0.3) is 10.9 Å². The third-order valence-corrected chi connectivity index (χ3v) is 8.74. The van der Waals surface area contributed by atoms with Crippen molar-refractivity contribution in [3.05, 3.63) is 83.9 Å². The molecule has 4 aromatic rings. The summed E-state index contributed by atoms with van der Waals surface area (Å²) in [5, 5.41) is 54.1. The van der Waals surface area contributed by atoms with Crippen LogP contribution in [0.5, 0.6) is 5.88 Å². The molecule has 7 N–H and O–H groups in total. The number of piperazine rings is 1. The lowest BCUT2D eigenvalue weighted by Gasteiger charge is -2.31. The summed E-state index contributed by atoms with van der Waals surface area (Å²) in [6, 6.07) is 22.1. The van der Waals surface area contributed by atoms with Crippen LogP contribution in [0.1, 0.15) is 11.1 Å². The predicted molar refractivity (Wildman–Crippen MR) is 182 cm³/mol. The molecule has 3 aromatic carbocycles. The highest BCUT2D eigenvalue weighted by atomic mass is 16.6. The number of nitrogens with one attached hydrogen (secondary N) is 2. The largest absolute Gasteiger partial charge is 0.494 e. The lowest BCUT2D eigenvalue weighted by atomic mass is 9.79. The average Bonchev–Trinajstić information content (AvgIpc) is 3.72. The monoisotopic (exact) mass is 657 g/mol. The number of aliphatic imine (C=N–C) groups is 1. The van der Waals surface area contributed by atoms with E-state index in [0.29, 0.717) is 45.6 Å². The number of aromatic nitrogens is 1. The molecule has 0 bridgehead atoms. The summed E-state index contributed by atoms with van der Waals surface area (Å²) in [4.78, 5) is 25.0. The van der Waals surface area contributed by atoms with Gasteiger partial charge < -0.3 is 50.0 Å². The van der Waals surface area contributed by atoms with Crippen molar-refractivity contribution in [2.75, 3.05) is 58.3 Å². The number of rotatable bonds is 11. The highest BCUT2D eigenvalue weighted by Crippen LogP contribution is 2.32. The number of amides is 1. The number of likely N-dealkylation sites (N-methyl/N-ethyl adjacent to an activating group) is 1. The van der Waals surface area contributed by atoms with Gasteiger partial charge >= 0.3 is 7.12 Å². The van der Waals surface area contributed by atoms with Crippen molar-refractivity contribution in [2.24, 2.45) is 4.99 Å². The minimum Gasteiger partial charge on any atom is -0.494 e. The standard InChI is InChI=1S/C34H40BN5O8/c1-39-13-15-40(16-14-39)18-29(43)36-23-8-10-24(11-9-23)37-31(21-5-3-2-4-6-21)30-25-12-7-22(17-26(25)38-34(30)46)35-47-20-28(48-35)33(45)32(44)27(42)19-41/h2-12,17,27-28,32-33,38,41-42,44-46H,13-16,18-20H2,1H3,(H,36,43)/t27-,28+,32-,33-/m1/s1. The van der Waals surface area contributed by atoms with E-state index in [1.54, 1.807) is 24.3 Å². The maximum Gasteiger partial charge on any atom is 0.494 e. The van der Waals surface area contributed by atoms with Gasteiger partial charge in [0.1, 0.15) is 18.3 Å². The Kier molecular flexibility index (Phi) is 10.5. The van der Waals surface area contributed by atoms with Crippen LogP contribution < -0.4 is 10.8 Å². The van der Waals surface area contributed by atoms with Gasteiger partial charge in [0.15, 0.2) is 5.88 Å². The molecular formula is C34H40BN5O8. The van der Waals surface area contributed by atoms with Crippen molar-refractivity contribution in [2.45, 2.75) is 24.4 Å². The number of hydrogen-bond acceptors (Lipinski definition) is 11. The number of nitrogens with zero attached hydrogens (tertiary/aromatic N) is 3. The topological polar surface area (TPSA) is 183 Å². The molecule has 1 amide bonds. The zero-order valence-corrected chi connectivity index (χ0v) is 26.6. The lowest BCUT2D eigenvalue weighted by Crippen LogP contribution is -2.47. The highest BCUT2D eigenvalue weighted by molar-refractivity contribution is 6.62. The van der Waals surface area contributed by atoms with Crippen molar-refractivity contribution >= 4 is 46.5 Å². The zero-order valence-electron chi connectivity index (χ0n) is 26.6. The highest BCUT2D eigenvalue weighted by Gasteiger charge is 2.41. The van der Waals surface area contributed by atoms with E-state index in [9.17, 15) is 25.2 Å². The number of anilines is 1. The van der Waals surface area contributed by atoms with E-state index in [1.807, 2.05) is 48.5 Å². The summed E-state index contributed by atoms with van der Waals surface area (Å²) in [5.74, 6) is -0.151. The Hall–Kier alpha value is -4.12. The number of carbonyl (C=O) groups is 1. The number of aromatic hydroxyl groups is 1. The molecule has 2 aliphatic rings. The van der Waals surface area contributed by atoms with Crippen LogP contribution >= 0.6 is 0 Å². The number of carbonyl (C=O) groups excluding carboxylic acids is 1. The average molecular weight is 658 g/mol. The first-order valence-corrected chi connectivity index (χ1v) is 15.9. The Bertz CT molecular complexity index is 1730. The fourth-order valence-electron chi connectivity index (χ4n) is 5.93. The Balaban J connectivity index is 1.22. The number of H-pyrrole nitrogens is 1. The molecule has 14 heteroatoms. The molecule has 6 rings (SSSR count). The Morgan fingerprint density at radius 2 is 1.77 bits per heavy atom. The van der Waals surface area contributed by atoms with E-state index >= 15 is 0 Å². The van der Waals surface area contributed by atoms with Crippen molar-refractivity contribution in [3.8, 4) is 5.88 Å². The normalized spacial score (nSPS) is 19.8. The summed E-state index contributed by atoms with van der Waals surface area (Å²) in [6.07, 6.45) is -5.52. The van der Waals surface area contributed by atoms with Gasteiger partial charge in [-0.05, 0) is 42.8 Å². The summed E-state index contributed by atoms with van der Waals surface area (Å²) in [5.41, 5.74) is 4.30. The number of aliphatic hydroxyl groups excluding tert-OH is 4. The molecule has 4 atom stereocenters. The predicted octanol–water partition coefficient (Wildman–Crippen LogP) is 0.414. The van der Waals surface area contributed by atoms with Crippen molar-refractivity contribution in [1.29, 1.82) is 0 Å². The van der Waals surface area contributed by atoms with E-state index in [0.717, 1.165) is 31.7 Å². The van der Waals surface area contributed by atoms with Gasteiger partial charge in [0.2, 0.25) is 5.91 Å². The first-order valence-electron chi connectivity index (χ1n) is 15.9. The number of fused-ring (bicyclic) bond motifs is 1. The molecule has 2 aliphatic heterocycles. The second-order valence-corrected chi connectivity index (χ2v) is 12.2. The van der Waals surface area contributed by atoms with Gasteiger partial charge in [-0.2, -0.15) is 0 Å². The number of hydrogen-bond donors (Lipinski definition) is 7. The SMILES string of the molecule is CN1CCN(CC(=O)Nc2ccc(N=C(c3ccccc3)c3c(O)[nH]c4cc(B5OC[C@@H]([C@@H](O)[C@H](O)[C@H](O)CO)O5)ccc34)cc2)CC1. The van der Waals surface area contributed by atoms with Gasteiger partial charge in [-0.25, -0.2) is 4.99 Å². The van der Waals surface area contributed by atoms with Gasteiger partial charge in [-0.1, -0.05) is 42.5 Å². The van der Waals surface area contributed by atoms with Crippen LogP contribution in [0.2, 0.25) is 0 Å². The van der Waals surface area contributed by atoms with Crippen LogP contribution in [-0.4, -0.2) is 136 Å². The van der Waals surface area contributed by atoms with Crippen LogP contribution in [0.3, 0.4) is 0 Å². The third kappa shape index (κ3) is 7.62. The third-order valence-electron chi connectivity index (χ3n) is 8.74. The molecule has 3 heterocycles. The van der Waals surface area contributed by atoms with Crippen molar-refractivity contribution in [3.63, 3.8) is 0 Å². The zero-order chi connectivity index (χ0) is 33.8. The van der Waals surface area contributed by atoms with E-state index in [1.165, 1.54) is 0 Å². The molecule has 252 valence electrons. The minimum absolute atomic E-state index is 0.0378. The smallest absolute Gasteiger partial charge is 0.494 e. The van der Waals surface area contributed by atoms with Gasteiger partial charge in [0.25, 0.3) is 0 Å². The van der Waals surface area contributed by atoms with Gasteiger partial charge in [0, 0.05) is 48.3 Å². The van der Waals surface area contributed by atoms with Crippen LogP contribution in [0, 0.1) is 0 Å². The number of aromatic amines is 1. The molecule has 2 fully saturated rings. The lowest BCUT2D eigenvalue weighted by molar-refractivity contribution is -0.117. The first kappa shape index (κ1) is 33.8. The number of benzene rings is 3. The molecule has 0 aliphatic carbocycles. The maximum atomic E-state index is 12.7. The van der Waals surface area contributed by atoms with Crippen LogP contribution in [-0.2, 0) is 14.1 Å². The summed E-state index contributed by atoms with van der Waals surface area (Å²) < 4.78 is 11.6. The second-order valence-electron chi connectivity index (χ2n) is 12.2. The maximum absolute atomic E-state index is 12.7. The summed E-state index contributed by atoms with van der Waals surface area (Å²) >= 11 is 0. The molecule has 0 unspecified atom stereocenters. The number of aliphatic hydroxyl groups is 4. The van der Waals surface area contributed by atoms with Crippen molar-refractivity contribution < 1.29 is 39.6 Å². The van der Waals surface area contributed by atoms with E-state index in [2.05, 4.69) is 27.1 Å². The van der Waals surface area contributed by atoms with Gasteiger partial charge in [-0.3, -0.25) is 9.69 Å². The fourth-order valence-corrected chi connectivity index (χ4v) is 5.93. The van der Waals surface area contributed by atoms with E-state index in [-0.39, 0.29) is 18.4 Å². The van der Waals surface area contributed by atoms with Gasteiger partial charge in [0.05, 0.1) is 42.8 Å². The summed E-state index contributed by atoms with van der Waals surface area (Å²) in [7, 11) is 1.21. The van der Waals surface area contributed by atoms with E-state index in [4.69, 9.17) is 19.4 Å². The Morgan fingerprint density at radius 3 is 2.48 bits per heavy atom. The first-order chi connectivity index (χ1) is 23.2. The molecule has 0 radical (unpaired) electrons. The van der Waals surface area contributed by atoms with Crippen LogP contribution in [0.15, 0.2) is 77.8 Å². The minimum atomic E-state index is -1.61. The Morgan fingerprint density at radius 1 is 1.04 bits per heavy atom. The quantitative estimate of drug-likeness (QED) is 0.0882. The van der Waals surface area contributed by atoms with Gasteiger partial charge in [-0.15, -0.1) is 0 Å². The second kappa shape index (κ2) is 15.0. The molecular weight excluding hydrogens is 617 g/mol. The summed E-state index contributed by atoms with van der Waals surface area (Å²) in [6.45, 7) is 3.19. The molecule has 13 nitrogen and oxygen atoms in total. The molecule has 1 aromatic heterocycles. The van der Waals surface area contributed by atoms with Crippen LogP contribution in [0.4, 0.5) is 11.4 Å². The molecule has 2 saturated heterocycles. The van der Waals surface area contributed by atoms with Crippen molar-refractivity contribution in [1.82, 2.24) is 14.8 Å². The van der Waals surface area contributed by atoms with E-state index < -0.39 is 38.1 Å². The molecule has 0 saturated carbocycles. The Labute approximate surface area is 278 Å². The molecule has 0 spiro atoms.